The molecular weight excluding hydrogens is 476 g/mol. The molecule has 2 aliphatic rings. The van der Waals surface area contributed by atoms with Crippen LogP contribution >= 0.6 is 34.7 Å². The molecule has 34 heavy (non-hydrogen) atoms. The molecule has 0 saturated carbocycles. The summed E-state index contributed by atoms with van der Waals surface area (Å²) in [6, 6.07) is 16.9. The van der Waals surface area contributed by atoms with E-state index in [0.717, 1.165) is 41.4 Å². The molecule has 176 valence electrons. The summed E-state index contributed by atoms with van der Waals surface area (Å²) < 4.78 is 1.22. The van der Waals surface area contributed by atoms with Crippen molar-refractivity contribution >= 4 is 56.7 Å². The molecule has 2 heterocycles. The van der Waals surface area contributed by atoms with Gasteiger partial charge in [-0.1, -0.05) is 80.0 Å². The van der Waals surface area contributed by atoms with Crippen LogP contribution in [-0.4, -0.2) is 11.5 Å². The average Bonchev–Trinajstić information content (AvgIpc) is 3.43. The molecule has 0 radical (unpaired) electrons. The Morgan fingerprint density at radius 2 is 1.74 bits per heavy atom. The lowest BCUT2D eigenvalue weighted by Crippen LogP contribution is -2.16. The fraction of sp³-hybridized carbons (Fsp3) is 0.276. The molecule has 1 aliphatic heterocycles. The lowest BCUT2D eigenvalue weighted by molar-refractivity contribution is 0.792. The molecule has 0 spiro atoms. The number of para-hydroxylation sites is 2. The Balaban J connectivity index is 0.000000868. The monoisotopic (exact) mass is 506 g/mol. The van der Waals surface area contributed by atoms with E-state index < -0.39 is 0 Å². The van der Waals surface area contributed by atoms with Gasteiger partial charge in [-0.15, -0.1) is 11.3 Å². The van der Waals surface area contributed by atoms with Crippen LogP contribution in [0.2, 0.25) is 0 Å². The van der Waals surface area contributed by atoms with Gasteiger partial charge < -0.3 is 4.90 Å². The molecule has 0 amide bonds. The number of fused-ring (bicyclic) bond motifs is 2. The van der Waals surface area contributed by atoms with Gasteiger partial charge in [-0.05, 0) is 73.7 Å². The van der Waals surface area contributed by atoms with Crippen molar-refractivity contribution in [2.75, 3.05) is 11.4 Å². The molecule has 0 fully saturated rings. The van der Waals surface area contributed by atoms with Gasteiger partial charge >= 0.3 is 0 Å². The maximum Gasteiger partial charge on any atom is 0.117 e. The molecule has 0 N–H and O–H groups in total. The zero-order valence-electron chi connectivity index (χ0n) is 20.1. The van der Waals surface area contributed by atoms with E-state index in [2.05, 4.69) is 92.4 Å². The van der Waals surface area contributed by atoms with Gasteiger partial charge in [-0.2, -0.15) is 0 Å². The second kappa shape index (κ2) is 11.9. The second-order valence-electron chi connectivity index (χ2n) is 8.26. The summed E-state index contributed by atoms with van der Waals surface area (Å²) in [5, 5.41) is 3.18. The van der Waals surface area contributed by atoms with Crippen molar-refractivity contribution in [2.45, 2.75) is 51.3 Å². The van der Waals surface area contributed by atoms with Crippen LogP contribution in [-0.2, 0) is 0 Å². The molecule has 2 aromatic carbocycles. The number of hydrogen-bond donors (Lipinski definition) is 0. The average molecular weight is 507 g/mol. The molecule has 0 unspecified atom stereocenters. The predicted octanol–water partition coefficient (Wildman–Crippen LogP) is 9.80. The predicted molar refractivity (Wildman–Crippen MR) is 153 cm³/mol. The number of rotatable bonds is 4. The standard InChI is InChI=1S/C26H23ClN2S2.C3H8/c1-2-29-21-11-4-6-13-23(21)31-25(29)17-15-19-9-7-8-18(26(19)27)14-16-24-28-20-10-3-5-12-22(20)30-24;1-3-2/h3-6,10-17H,2,7-9H2,1H3;3H2,1-2H3/b16-14+,19-15+,25-17-;. The van der Waals surface area contributed by atoms with Crippen molar-refractivity contribution in [1.82, 2.24) is 4.98 Å². The van der Waals surface area contributed by atoms with Crippen molar-refractivity contribution < 1.29 is 0 Å². The summed E-state index contributed by atoms with van der Waals surface area (Å²) in [5.74, 6) is 0. The summed E-state index contributed by atoms with van der Waals surface area (Å²) in [5.41, 5.74) is 4.77. The van der Waals surface area contributed by atoms with E-state index in [1.165, 1.54) is 37.9 Å². The molecule has 0 bridgehead atoms. The highest BCUT2D eigenvalue weighted by Gasteiger charge is 2.23. The SMILES string of the molecule is CCC.CCN1/C(=C/C=C2\CCCC(/C=C/c3nc4ccccc4s3)=C2Cl)Sc2ccccc21. The number of hydrogen-bond acceptors (Lipinski definition) is 4. The van der Waals surface area contributed by atoms with Gasteiger partial charge in [-0.3, -0.25) is 0 Å². The lowest BCUT2D eigenvalue weighted by Gasteiger charge is -2.19. The fourth-order valence-electron chi connectivity index (χ4n) is 4.02. The van der Waals surface area contributed by atoms with E-state index in [1.807, 2.05) is 17.8 Å². The number of anilines is 1. The van der Waals surface area contributed by atoms with Crippen LogP contribution in [0.15, 0.2) is 92.9 Å². The summed E-state index contributed by atoms with van der Waals surface area (Å²) in [6.07, 6.45) is 13.1. The van der Waals surface area contributed by atoms with Crippen LogP contribution in [0.5, 0.6) is 0 Å². The van der Waals surface area contributed by atoms with Crippen molar-refractivity contribution in [2.24, 2.45) is 0 Å². The van der Waals surface area contributed by atoms with Crippen LogP contribution < -0.4 is 4.90 Å². The molecule has 3 aromatic rings. The Hall–Kier alpha value is -2.27. The van der Waals surface area contributed by atoms with Gasteiger partial charge in [0.1, 0.15) is 5.01 Å². The number of nitrogens with zero attached hydrogens (tertiary/aromatic N) is 2. The highest BCUT2D eigenvalue weighted by Crippen LogP contribution is 2.45. The first-order valence-electron chi connectivity index (χ1n) is 12.0. The maximum atomic E-state index is 6.83. The molecule has 0 atom stereocenters. The second-order valence-corrected chi connectivity index (χ2v) is 10.8. The van der Waals surface area contributed by atoms with Crippen molar-refractivity contribution in [1.29, 1.82) is 0 Å². The minimum absolute atomic E-state index is 0.893. The normalized spacial score (nSPS) is 18.2. The maximum absolute atomic E-state index is 6.83. The molecule has 0 saturated heterocycles. The van der Waals surface area contributed by atoms with Gasteiger partial charge in [0.15, 0.2) is 0 Å². The largest absolute Gasteiger partial charge is 0.335 e. The number of halogens is 1. The highest BCUT2D eigenvalue weighted by atomic mass is 35.5. The molecule has 5 rings (SSSR count). The van der Waals surface area contributed by atoms with E-state index in [1.54, 1.807) is 11.3 Å². The number of thioether (sulfide) groups is 1. The van der Waals surface area contributed by atoms with E-state index in [9.17, 15) is 0 Å². The number of aromatic nitrogens is 1. The third-order valence-electron chi connectivity index (χ3n) is 5.57. The first-order chi connectivity index (χ1) is 16.6. The van der Waals surface area contributed by atoms with Gasteiger partial charge in [0.2, 0.25) is 0 Å². The first-order valence-corrected chi connectivity index (χ1v) is 14.0. The number of thiazole rings is 1. The van der Waals surface area contributed by atoms with Crippen LogP contribution in [0, 0.1) is 0 Å². The molecule has 1 aliphatic carbocycles. The minimum Gasteiger partial charge on any atom is -0.335 e. The smallest absolute Gasteiger partial charge is 0.117 e. The molecule has 2 nitrogen and oxygen atoms in total. The molecule has 5 heteroatoms. The quantitative estimate of drug-likeness (QED) is 0.350. The first kappa shape index (κ1) is 24.8. The summed E-state index contributed by atoms with van der Waals surface area (Å²) in [7, 11) is 0. The van der Waals surface area contributed by atoms with E-state index in [-0.39, 0.29) is 0 Å². The van der Waals surface area contributed by atoms with E-state index in [0.29, 0.717) is 0 Å². The van der Waals surface area contributed by atoms with Crippen molar-refractivity contribution in [3.05, 3.63) is 93.0 Å². The Labute approximate surface area is 216 Å². The van der Waals surface area contributed by atoms with Crippen molar-refractivity contribution in [3.8, 4) is 0 Å². The fourth-order valence-corrected chi connectivity index (χ4v) is 6.33. The van der Waals surface area contributed by atoms with E-state index >= 15 is 0 Å². The zero-order valence-corrected chi connectivity index (χ0v) is 22.4. The Kier molecular flexibility index (Phi) is 8.71. The van der Waals surface area contributed by atoms with Gasteiger partial charge in [0, 0.05) is 16.5 Å². The van der Waals surface area contributed by atoms with Crippen molar-refractivity contribution in [3.63, 3.8) is 0 Å². The minimum atomic E-state index is 0.893. The topological polar surface area (TPSA) is 16.1 Å². The van der Waals surface area contributed by atoms with Crippen LogP contribution in [0.25, 0.3) is 16.3 Å². The van der Waals surface area contributed by atoms with Gasteiger partial charge in [-0.25, -0.2) is 4.98 Å². The third kappa shape index (κ3) is 5.68. The number of allylic oxidation sites excluding steroid dienone is 6. The van der Waals surface area contributed by atoms with Crippen LogP contribution in [0.4, 0.5) is 5.69 Å². The summed E-state index contributed by atoms with van der Waals surface area (Å²) >= 11 is 10.4. The molecule has 1 aromatic heterocycles. The highest BCUT2D eigenvalue weighted by molar-refractivity contribution is 8.03. The van der Waals surface area contributed by atoms with Crippen LogP contribution in [0.1, 0.15) is 51.5 Å². The molecular formula is C29H31ClN2S2. The Bertz CT molecular complexity index is 1230. The van der Waals surface area contributed by atoms with Crippen LogP contribution in [0.3, 0.4) is 0 Å². The zero-order chi connectivity index (χ0) is 23.9. The number of benzene rings is 2. The summed E-state index contributed by atoms with van der Waals surface area (Å²) in [4.78, 5) is 8.39. The van der Waals surface area contributed by atoms with Gasteiger partial charge in [0.25, 0.3) is 0 Å². The van der Waals surface area contributed by atoms with Gasteiger partial charge in [0.05, 0.1) is 20.9 Å². The summed E-state index contributed by atoms with van der Waals surface area (Å²) in [6.45, 7) is 7.40. The third-order valence-corrected chi connectivity index (χ3v) is 8.19. The Morgan fingerprint density at radius 1 is 0.971 bits per heavy atom. The Morgan fingerprint density at radius 3 is 2.53 bits per heavy atom. The van der Waals surface area contributed by atoms with E-state index in [4.69, 9.17) is 16.6 Å². The lowest BCUT2D eigenvalue weighted by atomic mass is 9.94.